The number of anilines is 1. The summed E-state index contributed by atoms with van der Waals surface area (Å²) in [6.45, 7) is 3.25. The molecule has 120 valence electrons. The largest absolute Gasteiger partial charge is 0.326 e. The Morgan fingerprint density at radius 2 is 1.73 bits per heavy atom. The third kappa shape index (κ3) is 3.17. The molecule has 1 aliphatic heterocycles. The Hall–Kier alpha value is -1.40. The number of nitrogens with one attached hydrogen (secondary N) is 1. The number of nitrogens with zero attached hydrogens (tertiary/aromatic N) is 1. The number of carbonyl (C=O) groups is 1. The maximum atomic E-state index is 12.5. The lowest BCUT2D eigenvalue weighted by molar-refractivity contribution is -0.117. The minimum Gasteiger partial charge on any atom is -0.326 e. The maximum Gasteiger partial charge on any atom is 0.243 e. The topological polar surface area (TPSA) is 66.5 Å². The molecule has 2 atom stereocenters. The lowest BCUT2D eigenvalue weighted by atomic mass is 10.2. The highest BCUT2D eigenvalue weighted by molar-refractivity contribution is 7.89. The number of sulfonamides is 1. The fourth-order valence-electron chi connectivity index (χ4n) is 2.89. The summed E-state index contributed by atoms with van der Waals surface area (Å²) in [5.41, 5.74) is 0.654. The van der Waals surface area contributed by atoms with Crippen LogP contribution in [0.15, 0.2) is 29.2 Å². The number of benzene rings is 1. The van der Waals surface area contributed by atoms with Crippen LogP contribution in [0.5, 0.6) is 0 Å². The predicted molar refractivity (Wildman–Crippen MR) is 85.0 cm³/mol. The van der Waals surface area contributed by atoms with E-state index < -0.39 is 10.0 Å². The van der Waals surface area contributed by atoms with Crippen molar-refractivity contribution < 1.29 is 13.2 Å². The Kier molecular flexibility index (Phi) is 4.23. The second-order valence-corrected chi connectivity index (χ2v) is 8.24. The van der Waals surface area contributed by atoms with Crippen LogP contribution in [0.25, 0.3) is 0 Å². The standard InChI is InChI=1S/C16H22N2O3S/c1-12-11-15(12)16(19)17-13-5-7-14(8-6-13)22(20,21)18-9-3-2-4-10-18/h5-8,12,15H,2-4,9-11H2,1H3,(H,17,19)/t12-,15-/m0/s1. The summed E-state index contributed by atoms with van der Waals surface area (Å²) in [6.07, 6.45) is 3.88. The van der Waals surface area contributed by atoms with E-state index in [1.807, 2.05) is 0 Å². The molecule has 1 aromatic carbocycles. The van der Waals surface area contributed by atoms with Crippen molar-refractivity contribution in [2.75, 3.05) is 18.4 Å². The van der Waals surface area contributed by atoms with Gasteiger partial charge < -0.3 is 5.32 Å². The molecule has 1 aliphatic carbocycles. The molecule has 0 bridgehead atoms. The van der Waals surface area contributed by atoms with Crippen LogP contribution in [-0.4, -0.2) is 31.7 Å². The molecule has 5 nitrogen and oxygen atoms in total. The third-order valence-electron chi connectivity index (χ3n) is 4.52. The average Bonchev–Trinajstić information content (AvgIpc) is 3.26. The summed E-state index contributed by atoms with van der Waals surface area (Å²) in [5, 5.41) is 2.85. The molecule has 0 aromatic heterocycles. The molecular formula is C16H22N2O3S. The van der Waals surface area contributed by atoms with Crippen LogP contribution in [0.1, 0.15) is 32.6 Å². The van der Waals surface area contributed by atoms with Crippen molar-refractivity contribution in [2.24, 2.45) is 11.8 Å². The number of rotatable bonds is 4. The molecule has 0 radical (unpaired) electrons. The molecule has 22 heavy (non-hydrogen) atoms. The molecule has 2 aliphatic rings. The first-order valence-electron chi connectivity index (χ1n) is 7.89. The first-order valence-corrected chi connectivity index (χ1v) is 9.33. The van der Waals surface area contributed by atoms with Crippen molar-refractivity contribution in [2.45, 2.75) is 37.5 Å². The van der Waals surface area contributed by atoms with E-state index in [-0.39, 0.29) is 11.8 Å². The number of piperidine rings is 1. The quantitative estimate of drug-likeness (QED) is 0.926. The van der Waals surface area contributed by atoms with E-state index >= 15 is 0 Å². The minimum absolute atomic E-state index is 0.0270. The maximum absolute atomic E-state index is 12.5. The number of hydrogen-bond donors (Lipinski definition) is 1. The van der Waals surface area contributed by atoms with Gasteiger partial charge >= 0.3 is 0 Å². The monoisotopic (exact) mass is 322 g/mol. The van der Waals surface area contributed by atoms with E-state index in [9.17, 15) is 13.2 Å². The van der Waals surface area contributed by atoms with E-state index in [1.165, 1.54) is 0 Å². The first-order chi connectivity index (χ1) is 10.5. The predicted octanol–water partition coefficient (Wildman–Crippen LogP) is 2.46. The molecule has 0 spiro atoms. The summed E-state index contributed by atoms with van der Waals surface area (Å²) < 4.78 is 26.6. The normalized spacial score (nSPS) is 25.7. The first kappa shape index (κ1) is 15.5. The Morgan fingerprint density at radius 1 is 1.14 bits per heavy atom. The summed E-state index contributed by atoms with van der Waals surface area (Å²) in [5.74, 6) is 0.592. The van der Waals surface area contributed by atoms with Crippen molar-refractivity contribution >= 4 is 21.6 Å². The van der Waals surface area contributed by atoms with E-state index in [1.54, 1.807) is 28.6 Å². The Bertz CT molecular complexity index is 648. The van der Waals surface area contributed by atoms with Gasteiger partial charge in [-0.05, 0) is 49.4 Å². The lowest BCUT2D eigenvalue weighted by Crippen LogP contribution is -2.35. The molecule has 1 amide bonds. The lowest BCUT2D eigenvalue weighted by Gasteiger charge is -2.25. The molecule has 0 unspecified atom stereocenters. The molecule has 2 fully saturated rings. The molecule has 1 saturated carbocycles. The van der Waals surface area contributed by atoms with E-state index in [0.29, 0.717) is 29.6 Å². The van der Waals surface area contributed by atoms with Crippen LogP contribution >= 0.6 is 0 Å². The molecular weight excluding hydrogens is 300 g/mol. The smallest absolute Gasteiger partial charge is 0.243 e. The number of carbonyl (C=O) groups excluding carboxylic acids is 1. The van der Waals surface area contributed by atoms with Crippen LogP contribution in [0.4, 0.5) is 5.69 Å². The van der Waals surface area contributed by atoms with Gasteiger partial charge in [0, 0.05) is 24.7 Å². The van der Waals surface area contributed by atoms with Crippen molar-refractivity contribution in [3.05, 3.63) is 24.3 Å². The van der Waals surface area contributed by atoms with Gasteiger partial charge in [0.2, 0.25) is 15.9 Å². The minimum atomic E-state index is -3.40. The van der Waals surface area contributed by atoms with Gasteiger partial charge in [-0.2, -0.15) is 4.31 Å². The summed E-state index contributed by atoms with van der Waals surface area (Å²) in [6, 6.07) is 6.50. The second-order valence-electron chi connectivity index (χ2n) is 6.30. The second kappa shape index (κ2) is 6.01. The molecule has 3 rings (SSSR count). The zero-order valence-electron chi connectivity index (χ0n) is 12.8. The van der Waals surface area contributed by atoms with Gasteiger partial charge in [-0.15, -0.1) is 0 Å². The Balaban J connectivity index is 1.69. The van der Waals surface area contributed by atoms with Crippen LogP contribution in [0, 0.1) is 11.8 Å². The van der Waals surface area contributed by atoms with E-state index in [0.717, 1.165) is 25.7 Å². The highest BCUT2D eigenvalue weighted by Crippen LogP contribution is 2.38. The molecule has 1 heterocycles. The summed E-state index contributed by atoms with van der Waals surface area (Å²) >= 11 is 0. The Labute approximate surface area is 131 Å². The van der Waals surface area contributed by atoms with Gasteiger partial charge in [0.25, 0.3) is 0 Å². The number of hydrogen-bond acceptors (Lipinski definition) is 3. The summed E-state index contributed by atoms with van der Waals surface area (Å²) in [7, 11) is -3.40. The highest BCUT2D eigenvalue weighted by atomic mass is 32.2. The van der Waals surface area contributed by atoms with Crippen molar-refractivity contribution in [1.29, 1.82) is 0 Å². The summed E-state index contributed by atoms with van der Waals surface area (Å²) in [4.78, 5) is 12.2. The van der Waals surface area contributed by atoms with Crippen LogP contribution in [0.3, 0.4) is 0 Å². The van der Waals surface area contributed by atoms with Crippen molar-refractivity contribution in [3.8, 4) is 0 Å². The van der Waals surface area contributed by atoms with Gasteiger partial charge in [-0.1, -0.05) is 13.3 Å². The van der Waals surface area contributed by atoms with Crippen LogP contribution in [-0.2, 0) is 14.8 Å². The van der Waals surface area contributed by atoms with Gasteiger partial charge in [-0.25, -0.2) is 8.42 Å². The van der Waals surface area contributed by atoms with Crippen molar-refractivity contribution in [3.63, 3.8) is 0 Å². The number of amides is 1. The SMILES string of the molecule is C[C@H]1C[C@@H]1C(=O)Nc1ccc(S(=O)(=O)N2CCCCC2)cc1. The molecule has 1 N–H and O–H groups in total. The third-order valence-corrected chi connectivity index (χ3v) is 6.43. The van der Waals surface area contributed by atoms with E-state index in [4.69, 9.17) is 0 Å². The van der Waals surface area contributed by atoms with Gasteiger partial charge in [0.1, 0.15) is 0 Å². The zero-order chi connectivity index (χ0) is 15.7. The molecule has 1 aromatic rings. The highest BCUT2D eigenvalue weighted by Gasteiger charge is 2.39. The average molecular weight is 322 g/mol. The Morgan fingerprint density at radius 3 is 2.27 bits per heavy atom. The van der Waals surface area contributed by atoms with Gasteiger partial charge in [0.05, 0.1) is 4.90 Å². The van der Waals surface area contributed by atoms with Crippen LogP contribution < -0.4 is 5.32 Å². The fourth-order valence-corrected chi connectivity index (χ4v) is 4.40. The fraction of sp³-hybridized carbons (Fsp3) is 0.562. The zero-order valence-corrected chi connectivity index (χ0v) is 13.6. The van der Waals surface area contributed by atoms with Crippen LogP contribution in [0.2, 0.25) is 0 Å². The molecule has 6 heteroatoms. The molecule has 1 saturated heterocycles. The van der Waals surface area contributed by atoms with E-state index in [2.05, 4.69) is 12.2 Å². The van der Waals surface area contributed by atoms with Crippen molar-refractivity contribution in [1.82, 2.24) is 4.31 Å². The van der Waals surface area contributed by atoms with Gasteiger partial charge in [-0.3, -0.25) is 4.79 Å². The van der Waals surface area contributed by atoms with Gasteiger partial charge in [0.15, 0.2) is 0 Å².